The predicted molar refractivity (Wildman–Crippen MR) is 152 cm³/mol. The summed E-state index contributed by atoms with van der Waals surface area (Å²) < 4.78 is 90.4. The summed E-state index contributed by atoms with van der Waals surface area (Å²) in [6.07, 6.45) is -2.40. The molecule has 0 aromatic heterocycles. The van der Waals surface area contributed by atoms with Gasteiger partial charge in [0.05, 0.1) is 23.1 Å². The van der Waals surface area contributed by atoms with Crippen molar-refractivity contribution in [3.8, 4) is 11.5 Å². The predicted octanol–water partition coefficient (Wildman–Crippen LogP) is 7.23. The summed E-state index contributed by atoms with van der Waals surface area (Å²) in [6.45, 7) is 3.35. The zero-order chi connectivity index (χ0) is 30.8. The number of rotatable bonds is 6. The van der Waals surface area contributed by atoms with Crippen molar-refractivity contribution in [1.29, 1.82) is 0 Å². The van der Waals surface area contributed by atoms with Crippen molar-refractivity contribution < 1.29 is 40.6 Å². The molecule has 0 atom stereocenters. The van der Waals surface area contributed by atoms with Crippen LogP contribution in [0.1, 0.15) is 54.4 Å². The van der Waals surface area contributed by atoms with Crippen LogP contribution in [-0.2, 0) is 23.8 Å². The van der Waals surface area contributed by atoms with Crippen LogP contribution in [0, 0.1) is 0 Å². The number of nitrogens with zero attached hydrogens (tertiary/aromatic N) is 3. The number of hydrogen-bond acceptors (Lipinski definition) is 6. The fourth-order valence-corrected chi connectivity index (χ4v) is 6.55. The van der Waals surface area contributed by atoms with Gasteiger partial charge in [-0.05, 0) is 86.4 Å². The topological polar surface area (TPSA) is 54.4 Å². The summed E-state index contributed by atoms with van der Waals surface area (Å²) in [5.74, 6) is -0.0674. The highest BCUT2D eigenvalue weighted by molar-refractivity contribution is 8.18. The Morgan fingerprint density at radius 3 is 2.30 bits per heavy atom. The van der Waals surface area contributed by atoms with Crippen LogP contribution in [0.25, 0.3) is 6.08 Å². The number of thioether (sulfide) groups is 1. The summed E-state index contributed by atoms with van der Waals surface area (Å²) in [4.78, 5) is 22.1. The average molecular weight is 628 g/mol. The second-order valence-corrected chi connectivity index (χ2v) is 11.7. The van der Waals surface area contributed by atoms with Crippen molar-refractivity contribution in [3.05, 3.63) is 63.6 Å². The van der Waals surface area contributed by atoms with Crippen LogP contribution in [0.3, 0.4) is 0 Å². The average Bonchev–Trinajstić information content (AvgIpc) is 3.35. The lowest BCUT2D eigenvalue weighted by Gasteiger charge is -2.40. The first-order valence-corrected chi connectivity index (χ1v) is 14.8. The third-order valence-electron chi connectivity index (χ3n) is 7.86. The van der Waals surface area contributed by atoms with E-state index < -0.39 is 35.6 Å². The van der Waals surface area contributed by atoms with E-state index in [1.54, 1.807) is 18.2 Å². The van der Waals surface area contributed by atoms with Gasteiger partial charge >= 0.3 is 12.4 Å². The highest BCUT2D eigenvalue weighted by atomic mass is 32.2. The van der Waals surface area contributed by atoms with Crippen LogP contribution in [0.4, 0.5) is 26.3 Å². The number of amides is 1. The normalized spacial score (nSPS) is 20.1. The second-order valence-electron chi connectivity index (χ2n) is 10.7. The minimum absolute atomic E-state index is 0.0781. The number of hydrogen-bond donors (Lipinski definition) is 0. The molecule has 232 valence electrons. The first-order valence-electron chi connectivity index (χ1n) is 14.0. The van der Waals surface area contributed by atoms with Gasteiger partial charge in [0.2, 0.25) is 0 Å². The maximum absolute atomic E-state index is 13.5. The number of alkyl halides is 6. The maximum atomic E-state index is 13.5. The van der Waals surface area contributed by atoms with E-state index >= 15 is 0 Å². The van der Waals surface area contributed by atoms with E-state index in [2.05, 4.69) is 14.8 Å². The Kier molecular flexibility index (Phi) is 9.31. The first-order chi connectivity index (χ1) is 20.4. The molecule has 2 fully saturated rings. The van der Waals surface area contributed by atoms with Gasteiger partial charge < -0.3 is 19.3 Å². The Hall–Kier alpha value is -3.19. The molecule has 2 saturated heterocycles. The van der Waals surface area contributed by atoms with Crippen molar-refractivity contribution in [2.45, 2.75) is 57.1 Å². The van der Waals surface area contributed by atoms with E-state index in [4.69, 9.17) is 9.47 Å². The fourth-order valence-electron chi connectivity index (χ4n) is 5.58. The molecule has 3 aliphatic heterocycles. The number of carbonyl (C=O) groups is 1. The third kappa shape index (κ3) is 7.49. The number of carbonyl (C=O) groups excluding carboxylic acids is 1. The Morgan fingerprint density at radius 2 is 1.65 bits per heavy atom. The Balaban J connectivity index is 1.23. The van der Waals surface area contributed by atoms with E-state index in [0.717, 1.165) is 45.1 Å². The van der Waals surface area contributed by atoms with E-state index in [9.17, 15) is 31.1 Å². The van der Waals surface area contributed by atoms with Crippen molar-refractivity contribution in [2.24, 2.45) is 4.99 Å². The van der Waals surface area contributed by atoms with Gasteiger partial charge in [0, 0.05) is 24.7 Å². The Bertz CT molecular complexity index is 1390. The number of methoxy groups -OCH3 is 1. The molecule has 0 spiro atoms. The smallest absolute Gasteiger partial charge is 0.416 e. The molecule has 1 amide bonds. The molecule has 0 bridgehead atoms. The molecule has 43 heavy (non-hydrogen) atoms. The third-order valence-corrected chi connectivity index (χ3v) is 8.91. The van der Waals surface area contributed by atoms with Gasteiger partial charge in [-0.2, -0.15) is 31.3 Å². The highest BCUT2D eigenvalue weighted by Crippen LogP contribution is 2.39. The van der Waals surface area contributed by atoms with Crippen LogP contribution < -0.4 is 9.47 Å². The van der Waals surface area contributed by atoms with Crippen LogP contribution >= 0.6 is 11.8 Å². The SMILES string of the molecule is COc1cc(/C=C2\SC(N3CCC(N4CCCCC4)CC3)=NC2=O)ccc1OCc1ccc(C(F)(F)F)cc1C(F)(F)F. The molecule has 13 heteroatoms. The monoisotopic (exact) mass is 627 g/mol. The molecule has 3 aliphatic rings. The summed E-state index contributed by atoms with van der Waals surface area (Å²) in [5, 5.41) is 0.678. The summed E-state index contributed by atoms with van der Waals surface area (Å²) in [7, 11) is 1.35. The number of likely N-dealkylation sites (tertiary alicyclic amines) is 2. The van der Waals surface area contributed by atoms with Gasteiger partial charge in [0.25, 0.3) is 5.91 Å². The number of halogens is 6. The molecule has 0 unspecified atom stereocenters. The van der Waals surface area contributed by atoms with Gasteiger partial charge in [0.1, 0.15) is 6.61 Å². The van der Waals surface area contributed by atoms with Crippen molar-refractivity contribution in [2.75, 3.05) is 33.3 Å². The number of ether oxygens (including phenoxy) is 2. The molecule has 0 N–H and O–H groups in total. The summed E-state index contributed by atoms with van der Waals surface area (Å²) >= 11 is 1.30. The largest absolute Gasteiger partial charge is 0.493 e. The molecular formula is C30H31F6N3O3S. The minimum atomic E-state index is -5.00. The quantitative estimate of drug-likeness (QED) is 0.249. The summed E-state index contributed by atoms with van der Waals surface area (Å²) in [6, 6.07) is 6.64. The van der Waals surface area contributed by atoms with Gasteiger partial charge in [-0.15, -0.1) is 0 Å². The molecule has 2 aromatic carbocycles. The molecule has 0 radical (unpaired) electrons. The zero-order valence-electron chi connectivity index (χ0n) is 23.4. The molecule has 2 aromatic rings. The van der Waals surface area contributed by atoms with Gasteiger partial charge in [-0.1, -0.05) is 18.6 Å². The number of benzene rings is 2. The summed E-state index contributed by atoms with van der Waals surface area (Å²) in [5.41, 5.74) is -2.69. The second kappa shape index (κ2) is 12.8. The first kappa shape index (κ1) is 31.2. The van der Waals surface area contributed by atoms with E-state index in [0.29, 0.717) is 27.7 Å². The van der Waals surface area contributed by atoms with E-state index in [1.807, 2.05) is 0 Å². The van der Waals surface area contributed by atoms with Crippen molar-refractivity contribution >= 4 is 28.9 Å². The van der Waals surface area contributed by atoms with Gasteiger partial charge in [-0.25, -0.2) is 0 Å². The zero-order valence-corrected chi connectivity index (χ0v) is 24.2. The molecule has 0 aliphatic carbocycles. The van der Waals surface area contributed by atoms with Crippen LogP contribution in [-0.4, -0.2) is 60.2 Å². The van der Waals surface area contributed by atoms with Gasteiger partial charge in [0.15, 0.2) is 16.7 Å². The van der Waals surface area contributed by atoms with Crippen molar-refractivity contribution in [3.63, 3.8) is 0 Å². The van der Waals surface area contributed by atoms with Crippen LogP contribution in [0.15, 0.2) is 46.3 Å². The lowest BCUT2D eigenvalue weighted by atomic mass is 10.0. The number of amidine groups is 1. The molecular weight excluding hydrogens is 596 g/mol. The fraction of sp³-hybridized carbons (Fsp3) is 0.467. The Labute approximate surface area is 249 Å². The molecule has 5 rings (SSSR count). The highest BCUT2D eigenvalue weighted by Gasteiger charge is 2.38. The van der Waals surface area contributed by atoms with Gasteiger partial charge in [-0.3, -0.25) is 4.79 Å². The lowest BCUT2D eigenvalue weighted by molar-refractivity contribution is -0.143. The molecule has 0 saturated carbocycles. The standard InChI is InChI=1S/C30H31F6N3O3S/c1-41-25-15-19(5-8-24(25)42-18-20-6-7-21(29(31,32)33)17-23(20)30(34,35)36)16-26-27(40)37-28(43-26)39-13-9-22(10-14-39)38-11-3-2-4-12-38/h5-8,15-17,22H,2-4,9-14,18H2,1H3/b26-16-. The van der Waals surface area contributed by atoms with E-state index in [-0.39, 0.29) is 23.5 Å². The van der Waals surface area contributed by atoms with Crippen LogP contribution in [0.5, 0.6) is 11.5 Å². The number of piperidine rings is 2. The van der Waals surface area contributed by atoms with Crippen molar-refractivity contribution in [1.82, 2.24) is 9.80 Å². The molecule has 6 nitrogen and oxygen atoms in total. The Morgan fingerprint density at radius 1 is 0.930 bits per heavy atom. The number of aliphatic imine (C=N–C) groups is 1. The van der Waals surface area contributed by atoms with Crippen LogP contribution in [0.2, 0.25) is 0 Å². The minimum Gasteiger partial charge on any atom is -0.493 e. The molecule has 3 heterocycles. The maximum Gasteiger partial charge on any atom is 0.416 e. The lowest BCUT2D eigenvalue weighted by Crippen LogP contribution is -2.47. The van der Waals surface area contributed by atoms with E-state index in [1.165, 1.54) is 44.2 Å².